The van der Waals surface area contributed by atoms with Crippen molar-refractivity contribution in [1.82, 2.24) is 29.9 Å². The van der Waals surface area contributed by atoms with E-state index in [2.05, 4.69) is 25.3 Å². The van der Waals surface area contributed by atoms with Gasteiger partial charge in [0.2, 0.25) is 5.95 Å². The Morgan fingerprint density at radius 2 is 1.89 bits per heavy atom. The smallest absolute Gasteiger partial charge is 0.221 e. The molecular weight excluding hydrogens is 361 g/mol. The summed E-state index contributed by atoms with van der Waals surface area (Å²) in [6, 6.07) is 9.97. The van der Waals surface area contributed by atoms with Gasteiger partial charge in [0.15, 0.2) is 0 Å². The van der Waals surface area contributed by atoms with Crippen LogP contribution in [0.1, 0.15) is 25.2 Å². The molecule has 1 aromatic carbocycles. The van der Waals surface area contributed by atoms with E-state index in [-0.39, 0.29) is 17.0 Å². The van der Waals surface area contributed by atoms with Crippen LogP contribution in [-0.4, -0.2) is 35.1 Å². The van der Waals surface area contributed by atoms with Gasteiger partial charge in [-0.15, -0.1) is 5.10 Å². The molecule has 0 amide bonds. The molecule has 142 valence electrons. The summed E-state index contributed by atoms with van der Waals surface area (Å²) >= 11 is 0. The number of hydrogen-bond acceptors (Lipinski definition) is 7. The summed E-state index contributed by atoms with van der Waals surface area (Å²) in [7, 11) is 0. The molecule has 3 heterocycles. The van der Waals surface area contributed by atoms with E-state index in [0.717, 1.165) is 0 Å². The Hall–Kier alpha value is -3.46. The molecule has 0 aliphatic carbocycles. The minimum atomic E-state index is -1.04. The molecule has 3 N–H and O–H groups in total. The van der Waals surface area contributed by atoms with Gasteiger partial charge in [0.1, 0.15) is 22.8 Å². The zero-order valence-corrected chi connectivity index (χ0v) is 15.3. The number of fused-ring (bicyclic) bond motifs is 1. The van der Waals surface area contributed by atoms with Crippen LogP contribution in [0.15, 0.2) is 42.6 Å². The average molecular weight is 379 g/mol. The first-order chi connectivity index (χ1) is 13.3. The highest BCUT2D eigenvalue weighted by atomic mass is 19.1. The molecule has 0 fully saturated rings. The van der Waals surface area contributed by atoms with Crippen LogP contribution in [0.3, 0.4) is 0 Å². The maximum atomic E-state index is 14.4. The number of nitrogen functional groups attached to an aromatic ring is 1. The van der Waals surface area contributed by atoms with E-state index in [0.29, 0.717) is 29.1 Å². The topological polar surface area (TPSA) is 116 Å². The highest BCUT2D eigenvalue weighted by molar-refractivity contribution is 5.92. The first-order valence-electron chi connectivity index (χ1n) is 8.62. The van der Waals surface area contributed by atoms with E-state index >= 15 is 0 Å². The highest BCUT2D eigenvalue weighted by Crippen LogP contribution is 2.27. The SMILES string of the molecule is CC(C)(O)c1cccc(Cn2cc(-c3nc(N)nc4cccc(F)c34)nn2)n1. The van der Waals surface area contributed by atoms with Crippen molar-refractivity contribution in [2.75, 3.05) is 5.73 Å². The van der Waals surface area contributed by atoms with Crippen molar-refractivity contribution in [2.45, 2.75) is 26.0 Å². The number of hydrogen-bond donors (Lipinski definition) is 2. The lowest BCUT2D eigenvalue weighted by molar-refractivity contribution is 0.0736. The average Bonchev–Trinajstić information content (AvgIpc) is 3.09. The Morgan fingerprint density at radius 3 is 2.68 bits per heavy atom. The standard InChI is InChI=1S/C19H18FN7O/c1-19(2,28)15-8-3-5-11(22-15)9-27-10-14(25-26-27)17-16-12(20)6-4-7-13(16)23-18(21)24-17/h3-8,10,28H,9H2,1-2H3,(H2,21,23,24). The number of anilines is 1. The number of rotatable bonds is 4. The van der Waals surface area contributed by atoms with Gasteiger partial charge in [-0.05, 0) is 38.1 Å². The van der Waals surface area contributed by atoms with Crippen LogP contribution in [0, 0.1) is 5.82 Å². The molecule has 0 bridgehead atoms. The number of nitrogens with zero attached hydrogens (tertiary/aromatic N) is 6. The predicted octanol–water partition coefficient (Wildman–Crippen LogP) is 2.28. The molecular formula is C19H18FN7O. The minimum Gasteiger partial charge on any atom is -0.384 e. The van der Waals surface area contributed by atoms with Crippen LogP contribution in [0.25, 0.3) is 22.3 Å². The fourth-order valence-corrected chi connectivity index (χ4v) is 2.90. The van der Waals surface area contributed by atoms with E-state index in [4.69, 9.17) is 5.73 Å². The molecule has 0 spiro atoms. The van der Waals surface area contributed by atoms with Crippen molar-refractivity contribution in [3.63, 3.8) is 0 Å². The fraction of sp³-hybridized carbons (Fsp3) is 0.211. The lowest BCUT2D eigenvalue weighted by atomic mass is 10.0. The Bertz CT molecular complexity index is 1170. The van der Waals surface area contributed by atoms with E-state index in [1.165, 1.54) is 6.07 Å². The maximum absolute atomic E-state index is 14.4. The van der Waals surface area contributed by atoms with Gasteiger partial charge in [0, 0.05) is 0 Å². The third kappa shape index (κ3) is 3.39. The summed E-state index contributed by atoms with van der Waals surface area (Å²) in [4.78, 5) is 12.7. The molecule has 0 saturated heterocycles. The van der Waals surface area contributed by atoms with Gasteiger partial charge >= 0.3 is 0 Å². The van der Waals surface area contributed by atoms with Gasteiger partial charge < -0.3 is 10.8 Å². The Kier molecular flexibility index (Phi) is 4.23. The number of pyridine rings is 1. The first-order valence-corrected chi connectivity index (χ1v) is 8.62. The summed E-state index contributed by atoms with van der Waals surface area (Å²) in [6.45, 7) is 3.68. The lowest BCUT2D eigenvalue weighted by Crippen LogP contribution is -2.18. The van der Waals surface area contributed by atoms with E-state index < -0.39 is 11.4 Å². The monoisotopic (exact) mass is 379 g/mol. The largest absolute Gasteiger partial charge is 0.384 e. The highest BCUT2D eigenvalue weighted by Gasteiger charge is 2.19. The molecule has 0 unspecified atom stereocenters. The van der Waals surface area contributed by atoms with Crippen LogP contribution in [-0.2, 0) is 12.1 Å². The quantitative estimate of drug-likeness (QED) is 0.559. The summed E-state index contributed by atoms with van der Waals surface area (Å²) in [6.07, 6.45) is 1.64. The van der Waals surface area contributed by atoms with Crippen LogP contribution in [0.2, 0.25) is 0 Å². The minimum absolute atomic E-state index is 0.0298. The summed E-state index contributed by atoms with van der Waals surface area (Å²) in [5.41, 5.74) is 7.04. The zero-order valence-electron chi connectivity index (χ0n) is 15.3. The van der Waals surface area contributed by atoms with Gasteiger partial charge in [0.05, 0.1) is 35.0 Å². The molecule has 9 heteroatoms. The molecule has 28 heavy (non-hydrogen) atoms. The fourth-order valence-electron chi connectivity index (χ4n) is 2.90. The van der Waals surface area contributed by atoms with E-state index in [9.17, 15) is 9.50 Å². The third-order valence-electron chi connectivity index (χ3n) is 4.23. The summed E-state index contributed by atoms with van der Waals surface area (Å²) in [5, 5.41) is 18.6. The van der Waals surface area contributed by atoms with Gasteiger partial charge in [-0.3, -0.25) is 4.98 Å². The maximum Gasteiger partial charge on any atom is 0.221 e. The normalized spacial score (nSPS) is 11.9. The Morgan fingerprint density at radius 1 is 1.11 bits per heavy atom. The number of aliphatic hydroxyl groups is 1. The van der Waals surface area contributed by atoms with Gasteiger partial charge in [0.25, 0.3) is 0 Å². The molecule has 8 nitrogen and oxygen atoms in total. The van der Waals surface area contributed by atoms with E-state index in [1.54, 1.807) is 42.9 Å². The van der Waals surface area contributed by atoms with Crippen molar-refractivity contribution in [1.29, 1.82) is 0 Å². The molecule has 4 aromatic rings. The zero-order chi connectivity index (χ0) is 19.9. The van der Waals surface area contributed by atoms with Gasteiger partial charge in [-0.2, -0.15) is 0 Å². The molecule has 0 atom stereocenters. The van der Waals surface area contributed by atoms with Crippen molar-refractivity contribution < 1.29 is 9.50 Å². The van der Waals surface area contributed by atoms with E-state index in [1.807, 2.05) is 12.1 Å². The second-order valence-electron chi connectivity index (χ2n) is 6.94. The van der Waals surface area contributed by atoms with Crippen molar-refractivity contribution in [3.8, 4) is 11.4 Å². The molecule has 0 radical (unpaired) electrons. The molecule has 0 aliphatic heterocycles. The van der Waals surface area contributed by atoms with Crippen molar-refractivity contribution >= 4 is 16.9 Å². The molecule has 4 rings (SSSR count). The van der Waals surface area contributed by atoms with Crippen LogP contribution in [0.4, 0.5) is 10.3 Å². The van der Waals surface area contributed by atoms with Gasteiger partial charge in [-0.25, -0.2) is 19.0 Å². The summed E-state index contributed by atoms with van der Waals surface area (Å²) < 4.78 is 15.9. The summed E-state index contributed by atoms with van der Waals surface area (Å²) in [5.74, 6) is -0.427. The second kappa shape index (κ2) is 6.61. The number of halogens is 1. The Balaban J connectivity index is 1.71. The van der Waals surface area contributed by atoms with Gasteiger partial charge in [-0.1, -0.05) is 17.3 Å². The molecule has 3 aromatic heterocycles. The third-order valence-corrected chi connectivity index (χ3v) is 4.23. The lowest BCUT2D eigenvalue weighted by Gasteiger charge is -2.17. The van der Waals surface area contributed by atoms with Crippen LogP contribution >= 0.6 is 0 Å². The number of benzene rings is 1. The Labute approximate surface area is 159 Å². The van der Waals surface area contributed by atoms with Crippen LogP contribution in [0.5, 0.6) is 0 Å². The van der Waals surface area contributed by atoms with Crippen molar-refractivity contribution in [3.05, 3.63) is 59.8 Å². The number of aromatic nitrogens is 6. The number of nitrogens with two attached hydrogens (primary N) is 1. The molecule has 0 aliphatic rings. The van der Waals surface area contributed by atoms with Crippen LogP contribution < -0.4 is 5.73 Å². The van der Waals surface area contributed by atoms with Crippen molar-refractivity contribution in [2.24, 2.45) is 0 Å². The second-order valence-corrected chi connectivity index (χ2v) is 6.94. The predicted molar refractivity (Wildman–Crippen MR) is 102 cm³/mol. The molecule has 0 saturated carbocycles. The first kappa shape index (κ1) is 17.9.